The summed E-state index contributed by atoms with van der Waals surface area (Å²) in [6.07, 6.45) is -2.08. The van der Waals surface area contributed by atoms with E-state index in [1.54, 1.807) is 0 Å². The lowest BCUT2D eigenvalue weighted by atomic mass is 10.1. The average Bonchev–Trinajstić information content (AvgIpc) is 3.01. The SMILES string of the molecule is O=C1N[C@@H](CO)CN1c1ncc(OCc2c(Cl)cccc2C(F)(F)F)cn1. The van der Waals surface area contributed by atoms with Crippen LogP contribution in [0.25, 0.3) is 0 Å². The maximum Gasteiger partial charge on any atom is 0.416 e. The van der Waals surface area contributed by atoms with Gasteiger partial charge in [0.1, 0.15) is 6.61 Å². The Labute approximate surface area is 156 Å². The van der Waals surface area contributed by atoms with Crippen molar-refractivity contribution in [2.24, 2.45) is 0 Å². The van der Waals surface area contributed by atoms with E-state index in [0.29, 0.717) is 0 Å². The highest BCUT2D eigenvalue weighted by Crippen LogP contribution is 2.35. The number of benzene rings is 1. The summed E-state index contributed by atoms with van der Waals surface area (Å²) < 4.78 is 44.6. The van der Waals surface area contributed by atoms with Crippen molar-refractivity contribution in [3.63, 3.8) is 0 Å². The first-order chi connectivity index (χ1) is 12.8. The van der Waals surface area contributed by atoms with E-state index in [1.165, 1.54) is 29.4 Å². The van der Waals surface area contributed by atoms with Crippen molar-refractivity contribution < 1.29 is 27.8 Å². The molecular formula is C16H14ClF3N4O3. The van der Waals surface area contributed by atoms with Gasteiger partial charge in [-0.25, -0.2) is 14.8 Å². The lowest BCUT2D eigenvalue weighted by Crippen LogP contribution is -2.30. The number of carbonyl (C=O) groups is 1. The van der Waals surface area contributed by atoms with Gasteiger partial charge in [0.2, 0.25) is 5.95 Å². The monoisotopic (exact) mass is 402 g/mol. The predicted octanol–water partition coefficient (Wildman–Crippen LogP) is 2.62. The summed E-state index contributed by atoms with van der Waals surface area (Å²) in [5, 5.41) is 11.6. The summed E-state index contributed by atoms with van der Waals surface area (Å²) >= 11 is 5.87. The molecule has 2 amide bonds. The normalized spacial score (nSPS) is 17.1. The van der Waals surface area contributed by atoms with Crippen LogP contribution in [-0.2, 0) is 12.8 Å². The third kappa shape index (κ3) is 4.22. The Bertz CT molecular complexity index is 833. The van der Waals surface area contributed by atoms with Crippen molar-refractivity contribution in [2.45, 2.75) is 18.8 Å². The number of nitrogens with zero attached hydrogens (tertiary/aromatic N) is 3. The number of carbonyl (C=O) groups excluding carboxylic acids is 1. The third-order valence-corrected chi connectivity index (χ3v) is 4.21. The fraction of sp³-hybridized carbons (Fsp3) is 0.312. The van der Waals surface area contributed by atoms with Gasteiger partial charge < -0.3 is 15.2 Å². The lowest BCUT2D eigenvalue weighted by Gasteiger charge is -2.15. The Morgan fingerprint density at radius 1 is 1.33 bits per heavy atom. The molecule has 1 fully saturated rings. The minimum absolute atomic E-state index is 0.0638. The number of halogens is 4. The Morgan fingerprint density at radius 2 is 2.04 bits per heavy atom. The van der Waals surface area contributed by atoms with Crippen LogP contribution in [-0.4, -0.2) is 40.3 Å². The molecule has 1 aromatic carbocycles. The molecule has 0 unspecified atom stereocenters. The fourth-order valence-corrected chi connectivity index (χ4v) is 2.76. The van der Waals surface area contributed by atoms with E-state index in [4.69, 9.17) is 21.4 Å². The zero-order chi connectivity index (χ0) is 19.6. The summed E-state index contributed by atoms with van der Waals surface area (Å²) in [6, 6.07) is 2.62. The van der Waals surface area contributed by atoms with Gasteiger partial charge in [0.05, 0.1) is 37.2 Å². The van der Waals surface area contributed by atoms with E-state index in [2.05, 4.69) is 15.3 Å². The van der Waals surface area contributed by atoms with Gasteiger partial charge in [-0.3, -0.25) is 4.90 Å². The van der Waals surface area contributed by atoms with E-state index < -0.39 is 30.4 Å². The quantitative estimate of drug-likeness (QED) is 0.802. The summed E-state index contributed by atoms with van der Waals surface area (Å²) in [5.74, 6) is 0.203. The molecule has 1 saturated heterocycles. The van der Waals surface area contributed by atoms with Crippen molar-refractivity contribution in [1.29, 1.82) is 0 Å². The number of alkyl halides is 3. The number of anilines is 1. The van der Waals surface area contributed by atoms with Gasteiger partial charge in [0.25, 0.3) is 0 Å². The molecular weight excluding hydrogens is 389 g/mol. The molecule has 0 saturated carbocycles. The van der Waals surface area contributed by atoms with Crippen LogP contribution in [0.4, 0.5) is 23.9 Å². The van der Waals surface area contributed by atoms with Crippen LogP contribution in [0.5, 0.6) is 5.75 Å². The van der Waals surface area contributed by atoms with Crippen LogP contribution in [0.1, 0.15) is 11.1 Å². The Morgan fingerprint density at radius 3 is 2.63 bits per heavy atom. The fourth-order valence-electron chi connectivity index (χ4n) is 2.53. The molecule has 144 valence electrons. The highest BCUT2D eigenvalue weighted by molar-refractivity contribution is 6.31. The highest BCUT2D eigenvalue weighted by Gasteiger charge is 2.34. The van der Waals surface area contributed by atoms with Crippen molar-refractivity contribution in [3.05, 3.63) is 46.7 Å². The standard InChI is InChI=1S/C16H14ClF3N4O3/c17-13-3-1-2-12(16(18,19)20)11(13)8-27-10-4-21-14(22-5-10)24-6-9(7-25)23-15(24)26/h1-5,9,25H,6-8H2,(H,23,26)/t9-/m1/s1. The Balaban J connectivity index is 1.71. The largest absolute Gasteiger partial charge is 0.486 e. The van der Waals surface area contributed by atoms with Crippen LogP contribution >= 0.6 is 11.6 Å². The molecule has 0 aliphatic carbocycles. The summed E-state index contributed by atoms with van der Waals surface area (Å²) in [4.78, 5) is 21.0. The molecule has 0 spiro atoms. The Kier molecular flexibility index (Phi) is 5.38. The zero-order valence-electron chi connectivity index (χ0n) is 13.7. The van der Waals surface area contributed by atoms with E-state index in [9.17, 15) is 18.0 Å². The number of nitrogens with one attached hydrogen (secondary N) is 1. The van der Waals surface area contributed by atoms with Crippen LogP contribution < -0.4 is 15.0 Å². The van der Waals surface area contributed by atoms with Gasteiger partial charge in [0.15, 0.2) is 5.75 Å². The minimum atomic E-state index is -4.56. The molecule has 0 bridgehead atoms. The third-order valence-electron chi connectivity index (χ3n) is 3.86. The second-order valence-corrected chi connectivity index (χ2v) is 6.12. The molecule has 1 aliphatic rings. The van der Waals surface area contributed by atoms with Gasteiger partial charge in [0, 0.05) is 10.6 Å². The van der Waals surface area contributed by atoms with Crippen molar-refractivity contribution in [3.8, 4) is 5.75 Å². The number of hydrogen-bond donors (Lipinski definition) is 2. The molecule has 11 heteroatoms. The lowest BCUT2D eigenvalue weighted by molar-refractivity contribution is -0.138. The summed E-state index contributed by atoms with van der Waals surface area (Å²) in [6.45, 7) is -0.444. The second kappa shape index (κ2) is 7.57. The highest BCUT2D eigenvalue weighted by atomic mass is 35.5. The molecule has 0 radical (unpaired) electrons. The van der Waals surface area contributed by atoms with E-state index >= 15 is 0 Å². The minimum Gasteiger partial charge on any atom is -0.486 e. The maximum absolute atomic E-state index is 13.1. The van der Waals surface area contributed by atoms with Gasteiger partial charge >= 0.3 is 12.2 Å². The van der Waals surface area contributed by atoms with Crippen LogP contribution in [0, 0.1) is 0 Å². The number of aliphatic hydroxyl groups excluding tert-OH is 1. The molecule has 2 heterocycles. The number of aromatic nitrogens is 2. The van der Waals surface area contributed by atoms with Gasteiger partial charge in [-0.15, -0.1) is 0 Å². The number of ether oxygens (including phenoxy) is 1. The zero-order valence-corrected chi connectivity index (χ0v) is 14.5. The number of hydrogen-bond acceptors (Lipinski definition) is 5. The van der Waals surface area contributed by atoms with Gasteiger partial charge in [-0.05, 0) is 12.1 Å². The van der Waals surface area contributed by atoms with Crippen LogP contribution in [0.2, 0.25) is 5.02 Å². The van der Waals surface area contributed by atoms with E-state index in [1.807, 2.05) is 0 Å². The predicted molar refractivity (Wildman–Crippen MR) is 89.6 cm³/mol. The van der Waals surface area contributed by atoms with Crippen molar-refractivity contribution in [2.75, 3.05) is 18.1 Å². The first-order valence-electron chi connectivity index (χ1n) is 7.78. The molecule has 27 heavy (non-hydrogen) atoms. The molecule has 2 N–H and O–H groups in total. The maximum atomic E-state index is 13.1. The number of amides is 2. The number of rotatable bonds is 5. The average molecular weight is 403 g/mol. The molecule has 1 aromatic heterocycles. The molecule has 2 aromatic rings. The van der Waals surface area contributed by atoms with E-state index in [-0.39, 0.29) is 35.4 Å². The first kappa shape index (κ1) is 19.2. The molecule has 1 aliphatic heterocycles. The van der Waals surface area contributed by atoms with Gasteiger partial charge in [-0.2, -0.15) is 13.2 Å². The van der Waals surface area contributed by atoms with Crippen LogP contribution in [0.15, 0.2) is 30.6 Å². The van der Waals surface area contributed by atoms with E-state index in [0.717, 1.165) is 6.07 Å². The number of aliphatic hydroxyl groups is 1. The summed E-state index contributed by atoms with van der Waals surface area (Å²) in [5.41, 5.74) is -1.07. The molecule has 7 nitrogen and oxygen atoms in total. The Hall–Kier alpha value is -2.59. The molecule has 1 atom stereocenters. The summed E-state index contributed by atoms with van der Waals surface area (Å²) in [7, 11) is 0. The van der Waals surface area contributed by atoms with Crippen molar-refractivity contribution in [1.82, 2.24) is 15.3 Å². The topological polar surface area (TPSA) is 87.6 Å². The van der Waals surface area contributed by atoms with Crippen molar-refractivity contribution >= 4 is 23.6 Å². The second-order valence-electron chi connectivity index (χ2n) is 5.71. The smallest absolute Gasteiger partial charge is 0.416 e. The van der Waals surface area contributed by atoms with Gasteiger partial charge in [-0.1, -0.05) is 17.7 Å². The molecule has 3 rings (SSSR count). The van der Waals surface area contributed by atoms with Crippen LogP contribution in [0.3, 0.4) is 0 Å². The first-order valence-corrected chi connectivity index (χ1v) is 8.15. The number of urea groups is 1.